The predicted octanol–water partition coefficient (Wildman–Crippen LogP) is 11.3. The van der Waals surface area contributed by atoms with E-state index in [4.69, 9.17) is 52.8 Å². The summed E-state index contributed by atoms with van der Waals surface area (Å²) < 4.78 is 56.5. The van der Waals surface area contributed by atoms with Gasteiger partial charge in [0.2, 0.25) is 11.8 Å². The molecule has 1 aliphatic carbocycles. The molecule has 10 N–H and O–H groups in total. The molecule has 4 aliphatic heterocycles. The van der Waals surface area contributed by atoms with Gasteiger partial charge >= 0.3 is 0 Å². The molecule has 132 heavy (non-hydrogen) atoms. The number of aromatic amines is 4. The molecule has 1 atom stereocenters. The Morgan fingerprint density at radius 2 is 0.682 bits per heavy atom. The molecule has 0 aromatic carbocycles. The Kier molecular flexibility index (Phi) is 26.7. The average molecular weight is 1800 g/mol. The molecular weight excluding hydrogens is 1710 g/mol. The second-order valence-corrected chi connectivity index (χ2v) is 30.8. The molecule has 6 amide bonds. The molecule has 0 bridgehead atoms. The van der Waals surface area contributed by atoms with Crippen molar-refractivity contribution in [2.45, 2.75) is 56.3 Å². The molecule has 1 unspecified atom stereocenters. The fourth-order valence-corrected chi connectivity index (χ4v) is 14.6. The summed E-state index contributed by atoms with van der Waals surface area (Å²) in [5.41, 5.74) is 10.0. The fraction of sp³-hybridized carbons (Fsp3) is 0.227. The van der Waals surface area contributed by atoms with E-state index >= 15 is 0 Å². The summed E-state index contributed by atoms with van der Waals surface area (Å²) in [6.07, 6.45) is 28.1. The molecule has 674 valence electrons. The Hall–Kier alpha value is -17.1. The molecule has 0 spiro atoms. The minimum Gasteiger partial charge on any atom is -0.483 e. The summed E-state index contributed by atoms with van der Waals surface area (Å²) in [4.78, 5) is 118. The maximum atomic E-state index is 13.2. The number of hydrogen-bond donors (Lipinski definition) is 10. The van der Waals surface area contributed by atoms with Crippen molar-refractivity contribution >= 4 is 71.1 Å². The standard InChI is InChI=1S/C23H19F2N7O3.C23H23N7O3.2C20H19N7O2.2CH2O2/c24-23(25)7-15(23)22(34)31-10-14(11-31)32-12-17(20(30-32)16-3-1-2-6-26-16)29-21(33)19-5-4-18(35-19)13-8-27-28-9-13;1-2-5-21(31)29-12-16(13-29)30-14-18(22(28-30)17-6-3-4-9-24-17)27-23(32)20-8-7-19(33-20)15-10-25-26-11-15;2*1-26-10-14(11-26)27-12-16(19(25-27)15-4-2-3-7-21-15)24-20(28)18-6-5-17(29-18)13-8-22-23-9-13;2*2-1-3/h1-6,8-9,12,14-15H,7,10-11H2,(H,27,28)(H,29,33);3-4,6-11,14,16H,2,5,12-13H2,1H3,(H,25,26)(H,27,32);2*2-9,12,14H,10-11H2,1H3,(H,22,23)(H,24,28);2*1H,(H,2,3). The Morgan fingerprint density at radius 1 is 0.417 bits per heavy atom. The van der Waals surface area contributed by atoms with Gasteiger partial charge in [-0.2, -0.15) is 40.8 Å². The van der Waals surface area contributed by atoms with Gasteiger partial charge < -0.3 is 68.7 Å². The summed E-state index contributed by atoms with van der Waals surface area (Å²) in [5.74, 6) is -3.15. The van der Waals surface area contributed by atoms with Crippen molar-refractivity contribution in [3.63, 3.8) is 0 Å². The van der Waals surface area contributed by atoms with Crippen molar-refractivity contribution in [1.29, 1.82) is 0 Å². The molecule has 16 aromatic rings. The summed E-state index contributed by atoms with van der Waals surface area (Å²) in [5, 5.41) is 70.5. The number of aromatic nitrogens is 20. The molecule has 1 saturated carbocycles. The first-order valence-electron chi connectivity index (χ1n) is 41.3. The maximum absolute atomic E-state index is 13.2. The van der Waals surface area contributed by atoms with Crippen LogP contribution in [-0.4, -0.2) is 250 Å². The number of alkyl halides is 2. The van der Waals surface area contributed by atoms with Crippen LogP contribution in [-0.2, 0) is 19.2 Å². The van der Waals surface area contributed by atoms with Crippen LogP contribution < -0.4 is 21.3 Å². The van der Waals surface area contributed by atoms with Crippen LogP contribution in [0.2, 0.25) is 0 Å². The third kappa shape index (κ3) is 20.5. The summed E-state index contributed by atoms with van der Waals surface area (Å²) in [6.45, 7) is 6.91. The minimum atomic E-state index is -2.89. The van der Waals surface area contributed by atoms with Gasteiger partial charge in [-0.3, -0.25) is 97.4 Å². The number of nitrogens with one attached hydrogen (secondary N) is 8. The van der Waals surface area contributed by atoms with E-state index in [2.05, 4.69) is 111 Å². The van der Waals surface area contributed by atoms with E-state index in [1.807, 2.05) is 88.2 Å². The van der Waals surface area contributed by atoms with Crippen LogP contribution in [0.5, 0.6) is 0 Å². The quantitative estimate of drug-likeness (QED) is 0.0266. The lowest BCUT2D eigenvalue weighted by Gasteiger charge is -2.39. The number of anilines is 4. The van der Waals surface area contributed by atoms with Crippen molar-refractivity contribution in [3.8, 4) is 90.8 Å². The third-order valence-corrected chi connectivity index (χ3v) is 21.6. The molecule has 21 rings (SSSR count). The normalized spacial score (nSPS) is 15.0. The minimum absolute atomic E-state index is 0.0511. The SMILES string of the molecule is CCCC(=O)N1CC(n2cc(NC(=O)c3ccc(-c4cn[nH]c4)o3)c(-c3ccccn3)n2)C1.CN1CC(n2cc(NC(=O)c3ccc(-c4cn[nH]c4)o3)c(-c3ccccn3)n2)C1.CN1CC(n2cc(NC(=O)c3ccc(-c4cn[nH]c4)o3)c(-c3ccccn3)n2)C1.O=C(Nc1cn(C2CN(C(=O)C3CC3(F)F)C2)nc1-c1ccccn1)c1ccc(-c2cn[nH]c2)o1.O=CO.O=CO. The highest BCUT2D eigenvalue weighted by Gasteiger charge is 2.63. The number of H-pyrrole nitrogens is 4. The van der Waals surface area contributed by atoms with Crippen LogP contribution in [0.3, 0.4) is 0 Å². The lowest BCUT2D eigenvalue weighted by Crippen LogP contribution is -2.51. The van der Waals surface area contributed by atoms with Crippen LogP contribution in [0.25, 0.3) is 90.8 Å². The highest BCUT2D eigenvalue weighted by atomic mass is 19.3. The monoisotopic (exact) mass is 1790 g/mol. The maximum Gasteiger partial charge on any atom is 0.291 e. The van der Waals surface area contributed by atoms with Crippen molar-refractivity contribution in [1.82, 2.24) is 119 Å². The van der Waals surface area contributed by atoms with Gasteiger partial charge in [-0.15, -0.1) is 0 Å². The largest absolute Gasteiger partial charge is 0.483 e. The van der Waals surface area contributed by atoms with Gasteiger partial charge in [0.25, 0.3) is 42.5 Å². The van der Waals surface area contributed by atoms with E-state index in [1.165, 1.54) is 4.90 Å². The van der Waals surface area contributed by atoms with Crippen LogP contribution in [0, 0.1) is 5.92 Å². The number of likely N-dealkylation sites (N-methyl/N-ethyl adjacent to an activating group) is 2. The number of carboxylic acid groups (broad SMARTS) is 2. The van der Waals surface area contributed by atoms with Crippen LogP contribution in [0.1, 0.15) is 92.6 Å². The predicted molar refractivity (Wildman–Crippen MR) is 468 cm³/mol. The van der Waals surface area contributed by atoms with Gasteiger partial charge in [-0.1, -0.05) is 31.2 Å². The number of furan rings is 4. The number of likely N-dealkylation sites (tertiary alicyclic amines) is 4. The Bertz CT molecular complexity index is 6390. The second kappa shape index (κ2) is 39.9. The molecule has 42 nitrogen and oxygen atoms in total. The highest BCUT2D eigenvalue weighted by molar-refractivity contribution is 6.07. The van der Waals surface area contributed by atoms with E-state index in [0.717, 1.165) is 49.3 Å². The Balaban J connectivity index is 0.000000126. The van der Waals surface area contributed by atoms with E-state index in [-0.39, 0.29) is 97.4 Å². The van der Waals surface area contributed by atoms with Crippen molar-refractivity contribution < 1.29 is 75.0 Å². The van der Waals surface area contributed by atoms with Gasteiger partial charge in [-0.05, 0) is 118 Å². The topological polar surface area (TPSA) is 528 Å². The first-order chi connectivity index (χ1) is 64.2. The number of hydrogen-bond acceptors (Lipinski definition) is 26. The molecule has 44 heteroatoms. The van der Waals surface area contributed by atoms with Crippen molar-refractivity contribution in [2.75, 3.05) is 87.7 Å². The molecule has 20 heterocycles. The van der Waals surface area contributed by atoms with Gasteiger partial charge in [-0.25, -0.2) is 8.78 Å². The lowest BCUT2D eigenvalue weighted by molar-refractivity contribution is -0.141. The number of carbonyl (C=O) groups is 8. The zero-order valence-corrected chi connectivity index (χ0v) is 70.6. The lowest BCUT2D eigenvalue weighted by atomic mass is 10.1. The summed E-state index contributed by atoms with van der Waals surface area (Å²) in [7, 11) is 4.13. The van der Waals surface area contributed by atoms with Crippen LogP contribution >= 0.6 is 0 Å². The molecule has 5 fully saturated rings. The molecule has 16 aromatic heterocycles. The number of pyridine rings is 4. The smallest absolute Gasteiger partial charge is 0.291 e. The van der Waals surface area contributed by atoms with Crippen LogP contribution in [0.4, 0.5) is 31.5 Å². The van der Waals surface area contributed by atoms with Gasteiger partial charge in [0.1, 0.15) is 51.7 Å². The third-order valence-electron chi connectivity index (χ3n) is 21.6. The Morgan fingerprint density at radius 3 is 0.909 bits per heavy atom. The highest BCUT2D eigenvalue weighted by Crippen LogP contribution is 2.50. The average Bonchev–Trinajstić information content (AvgIpc) is 1.59. The zero-order valence-electron chi connectivity index (χ0n) is 70.6. The number of halogens is 2. The van der Waals surface area contributed by atoms with Gasteiger partial charge in [0.15, 0.2) is 23.0 Å². The molecule has 5 aliphatic rings. The first kappa shape index (κ1) is 88.4. The second-order valence-electron chi connectivity index (χ2n) is 30.8. The molecule has 4 saturated heterocycles. The number of nitrogens with zero attached hydrogens (tertiary/aromatic N) is 20. The summed E-state index contributed by atoms with van der Waals surface area (Å²) in [6, 6.07) is 35.8. The van der Waals surface area contributed by atoms with Crippen molar-refractivity contribution in [3.05, 3.63) is 244 Å². The Labute approximate surface area is 746 Å². The fourth-order valence-electron chi connectivity index (χ4n) is 14.6. The number of rotatable bonds is 23. The number of carbonyl (C=O) groups excluding carboxylic acids is 6. The van der Waals surface area contributed by atoms with Gasteiger partial charge in [0, 0.05) is 140 Å². The zero-order chi connectivity index (χ0) is 91.9. The van der Waals surface area contributed by atoms with E-state index in [1.54, 1.807) is 163 Å². The summed E-state index contributed by atoms with van der Waals surface area (Å²) >= 11 is 0. The first-order valence-corrected chi connectivity index (χ1v) is 41.3. The molecular formula is C88H84F2N28O14. The van der Waals surface area contributed by atoms with E-state index in [0.29, 0.717) is 116 Å². The van der Waals surface area contributed by atoms with Crippen molar-refractivity contribution in [2.24, 2.45) is 5.92 Å². The number of amides is 6. The van der Waals surface area contributed by atoms with Gasteiger partial charge in [0.05, 0.1) is 117 Å². The van der Waals surface area contributed by atoms with Crippen LogP contribution in [0.15, 0.2) is 238 Å². The van der Waals surface area contributed by atoms with E-state index in [9.17, 15) is 37.5 Å². The van der Waals surface area contributed by atoms with E-state index < -0.39 is 29.6 Å². The molecule has 0 radical (unpaired) electrons.